The van der Waals surface area contributed by atoms with E-state index < -0.39 is 34.3 Å². The van der Waals surface area contributed by atoms with E-state index in [9.17, 15) is 22.4 Å². The molecule has 0 heterocycles. The third kappa shape index (κ3) is 8.02. The SMILES string of the molecule is CC(C)c1ccc(N(CC(=O)N(Cc2ccc(F)cc2)C(C)C(=O)NC2CCCCC2)S(C)(=O)=O)cc1. The second-order valence-electron chi connectivity index (χ2n) is 10.2. The van der Waals surface area contributed by atoms with Crippen LogP contribution in [-0.2, 0) is 26.2 Å². The van der Waals surface area contributed by atoms with Crippen molar-refractivity contribution in [3.8, 4) is 0 Å². The Kier molecular flexibility index (Phi) is 9.70. The molecule has 0 aromatic heterocycles. The van der Waals surface area contributed by atoms with Crippen molar-refractivity contribution in [3.05, 3.63) is 65.5 Å². The Hall–Kier alpha value is -2.94. The van der Waals surface area contributed by atoms with E-state index in [-0.39, 0.29) is 24.4 Å². The number of sulfonamides is 1. The first kappa shape index (κ1) is 28.6. The number of amides is 2. The normalized spacial score (nSPS) is 15.3. The quantitative estimate of drug-likeness (QED) is 0.486. The van der Waals surface area contributed by atoms with Gasteiger partial charge in [-0.25, -0.2) is 12.8 Å². The highest BCUT2D eigenvalue weighted by Crippen LogP contribution is 2.23. The van der Waals surface area contributed by atoms with Crippen LogP contribution in [0.3, 0.4) is 0 Å². The molecule has 1 atom stereocenters. The summed E-state index contributed by atoms with van der Waals surface area (Å²) in [5.41, 5.74) is 2.06. The highest BCUT2D eigenvalue weighted by atomic mass is 32.2. The summed E-state index contributed by atoms with van der Waals surface area (Å²) in [6.07, 6.45) is 6.11. The lowest BCUT2D eigenvalue weighted by Gasteiger charge is -2.33. The molecule has 0 saturated heterocycles. The average molecular weight is 532 g/mol. The molecule has 7 nitrogen and oxygen atoms in total. The number of benzene rings is 2. The average Bonchev–Trinajstić information content (AvgIpc) is 2.86. The fraction of sp³-hybridized carbons (Fsp3) is 0.500. The first-order chi connectivity index (χ1) is 17.5. The lowest BCUT2D eigenvalue weighted by atomic mass is 9.95. The topological polar surface area (TPSA) is 86.8 Å². The van der Waals surface area contributed by atoms with Crippen molar-refractivity contribution in [2.24, 2.45) is 0 Å². The summed E-state index contributed by atoms with van der Waals surface area (Å²) < 4.78 is 39.9. The van der Waals surface area contributed by atoms with Gasteiger partial charge in [-0.3, -0.25) is 13.9 Å². The molecule has 3 rings (SSSR count). The van der Waals surface area contributed by atoms with Gasteiger partial charge in [-0.2, -0.15) is 0 Å². The molecule has 2 aromatic carbocycles. The van der Waals surface area contributed by atoms with E-state index in [0.29, 0.717) is 11.3 Å². The van der Waals surface area contributed by atoms with Crippen molar-refractivity contribution in [1.82, 2.24) is 10.2 Å². The molecule has 9 heteroatoms. The Bertz CT molecular complexity index is 1160. The molecule has 1 N–H and O–H groups in total. The standard InChI is InChI=1S/C28H38FN3O4S/c1-20(2)23-12-16-26(17-13-23)32(37(4,35)36)19-27(33)31(18-22-10-14-24(29)15-11-22)21(3)28(34)30-25-8-6-5-7-9-25/h10-17,20-21,25H,5-9,18-19H2,1-4H3,(H,30,34). The van der Waals surface area contributed by atoms with Crippen LogP contribution in [0.15, 0.2) is 48.5 Å². The Morgan fingerprint density at radius 3 is 2.11 bits per heavy atom. The van der Waals surface area contributed by atoms with Gasteiger partial charge in [0.05, 0.1) is 11.9 Å². The fourth-order valence-electron chi connectivity index (χ4n) is 4.58. The zero-order valence-electron chi connectivity index (χ0n) is 22.1. The summed E-state index contributed by atoms with van der Waals surface area (Å²) >= 11 is 0. The van der Waals surface area contributed by atoms with E-state index in [1.807, 2.05) is 26.0 Å². The maximum absolute atomic E-state index is 13.6. The Morgan fingerprint density at radius 2 is 1.57 bits per heavy atom. The van der Waals surface area contributed by atoms with Crippen LogP contribution in [0.5, 0.6) is 0 Å². The predicted octanol–water partition coefficient (Wildman–Crippen LogP) is 4.58. The molecule has 2 amide bonds. The molecule has 1 aliphatic rings. The van der Waals surface area contributed by atoms with Crippen LogP contribution >= 0.6 is 0 Å². The molecule has 0 aliphatic heterocycles. The molecule has 0 radical (unpaired) electrons. The monoisotopic (exact) mass is 531 g/mol. The first-order valence-corrected chi connectivity index (χ1v) is 14.7. The number of anilines is 1. The molecule has 1 aliphatic carbocycles. The van der Waals surface area contributed by atoms with E-state index in [0.717, 1.165) is 48.2 Å². The third-order valence-electron chi connectivity index (χ3n) is 6.91. The van der Waals surface area contributed by atoms with Gasteiger partial charge in [-0.1, -0.05) is 57.4 Å². The van der Waals surface area contributed by atoms with Gasteiger partial charge in [0, 0.05) is 12.6 Å². The van der Waals surface area contributed by atoms with E-state index in [4.69, 9.17) is 0 Å². The van der Waals surface area contributed by atoms with E-state index in [1.165, 1.54) is 17.0 Å². The molecule has 0 bridgehead atoms. The van der Waals surface area contributed by atoms with Crippen LogP contribution in [0.2, 0.25) is 0 Å². The number of carbonyl (C=O) groups excluding carboxylic acids is 2. The number of hydrogen-bond acceptors (Lipinski definition) is 4. The van der Waals surface area contributed by atoms with Crippen LogP contribution in [-0.4, -0.2) is 50.0 Å². The lowest BCUT2D eigenvalue weighted by molar-refractivity contribution is -0.139. The highest BCUT2D eigenvalue weighted by molar-refractivity contribution is 7.92. The van der Waals surface area contributed by atoms with Crippen LogP contribution in [0.25, 0.3) is 0 Å². The van der Waals surface area contributed by atoms with E-state index >= 15 is 0 Å². The Labute approximate surface area is 220 Å². The van der Waals surface area contributed by atoms with Gasteiger partial charge in [0.15, 0.2) is 0 Å². The Morgan fingerprint density at radius 1 is 0.973 bits per heavy atom. The minimum Gasteiger partial charge on any atom is -0.352 e. The van der Waals surface area contributed by atoms with Crippen LogP contribution in [0.4, 0.5) is 10.1 Å². The predicted molar refractivity (Wildman–Crippen MR) is 144 cm³/mol. The van der Waals surface area contributed by atoms with Crippen LogP contribution in [0, 0.1) is 5.82 Å². The lowest BCUT2D eigenvalue weighted by Crippen LogP contribution is -2.52. The Balaban J connectivity index is 1.86. The molecular weight excluding hydrogens is 493 g/mol. The summed E-state index contributed by atoms with van der Waals surface area (Å²) in [6.45, 7) is 5.31. The minimum absolute atomic E-state index is 0.0439. The van der Waals surface area contributed by atoms with Crippen LogP contribution < -0.4 is 9.62 Å². The van der Waals surface area contributed by atoms with Gasteiger partial charge in [0.2, 0.25) is 21.8 Å². The summed E-state index contributed by atoms with van der Waals surface area (Å²) in [7, 11) is -3.79. The highest BCUT2D eigenvalue weighted by Gasteiger charge is 2.31. The molecule has 0 spiro atoms. The van der Waals surface area contributed by atoms with Crippen molar-refractivity contribution < 1.29 is 22.4 Å². The molecule has 1 unspecified atom stereocenters. The second-order valence-corrected chi connectivity index (χ2v) is 12.1. The number of halogens is 1. The van der Waals surface area contributed by atoms with Gasteiger partial charge in [0.1, 0.15) is 18.4 Å². The van der Waals surface area contributed by atoms with Gasteiger partial charge >= 0.3 is 0 Å². The summed E-state index contributed by atoms with van der Waals surface area (Å²) in [5, 5.41) is 3.06. The van der Waals surface area contributed by atoms with Gasteiger partial charge in [-0.05, 0) is 61.1 Å². The maximum atomic E-state index is 13.6. The number of nitrogens with one attached hydrogen (secondary N) is 1. The smallest absolute Gasteiger partial charge is 0.244 e. The molecule has 37 heavy (non-hydrogen) atoms. The zero-order chi connectivity index (χ0) is 27.2. The summed E-state index contributed by atoms with van der Waals surface area (Å²) in [4.78, 5) is 28.1. The van der Waals surface area contributed by atoms with Crippen molar-refractivity contribution in [2.75, 3.05) is 17.1 Å². The maximum Gasteiger partial charge on any atom is 0.244 e. The van der Waals surface area contributed by atoms with Crippen molar-refractivity contribution >= 4 is 27.5 Å². The second kappa shape index (κ2) is 12.5. The van der Waals surface area contributed by atoms with Crippen molar-refractivity contribution in [2.45, 2.75) is 77.4 Å². The number of carbonyl (C=O) groups is 2. The van der Waals surface area contributed by atoms with Gasteiger partial charge < -0.3 is 10.2 Å². The van der Waals surface area contributed by atoms with E-state index in [2.05, 4.69) is 5.32 Å². The van der Waals surface area contributed by atoms with Gasteiger partial charge in [0.25, 0.3) is 0 Å². The summed E-state index contributed by atoms with van der Waals surface area (Å²) in [5.74, 6) is -0.932. The largest absolute Gasteiger partial charge is 0.352 e. The molecular formula is C28H38FN3O4S. The third-order valence-corrected chi connectivity index (χ3v) is 8.05. The van der Waals surface area contributed by atoms with E-state index in [1.54, 1.807) is 31.2 Å². The summed E-state index contributed by atoms with van der Waals surface area (Å²) in [6, 6.07) is 12.0. The zero-order valence-corrected chi connectivity index (χ0v) is 22.9. The number of hydrogen-bond donors (Lipinski definition) is 1. The number of nitrogens with zero attached hydrogens (tertiary/aromatic N) is 2. The molecule has 1 saturated carbocycles. The van der Waals surface area contributed by atoms with Crippen LogP contribution in [0.1, 0.15) is 69.9 Å². The molecule has 2 aromatic rings. The van der Waals surface area contributed by atoms with Crippen molar-refractivity contribution in [3.63, 3.8) is 0 Å². The van der Waals surface area contributed by atoms with Crippen molar-refractivity contribution in [1.29, 1.82) is 0 Å². The fourth-order valence-corrected chi connectivity index (χ4v) is 5.43. The molecule has 1 fully saturated rings. The van der Waals surface area contributed by atoms with Gasteiger partial charge in [-0.15, -0.1) is 0 Å². The first-order valence-electron chi connectivity index (χ1n) is 12.9. The molecule has 202 valence electrons. The minimum atomic E-state index is -3.79. The number of rotatable bonds is 10.